The fourth-order valence-electron chi connectivity index (χ4n) is 3.06. The molecule has 1 aliphatic rings. The number of ether oxygens (including phenoxy) is 2. The lowest BCUT2D eigenvalue weighted by atomic mass is 9.95. The van der Waals surface area contributed by atoms with E-state index >= 15 is 0 Å². The zero-order valence-electron chi connectivity index (χ0n) is 15.2. The molecule has 0 aliphatic carbocycles. The molecule has 0 spiro atoms. The maximum atomic E-state index is 12.0. The molecule has 2 aromatic rings. The molecular formula is C18H22N4O4. The van der Waals surface area contributed by atoms with Crippen molar-refractivity contribution in [2.75, 3.05) is 19.0 Å². The predicted octanol–water partition coefficient (Wildman–Crippen LogP) is 2.62. The molecule has 0 saturated carbocycles. The maximum Gasteiger partial charge on any atom is 0.335 e. The first kappa shape index (κ1) is 17.8. The number of nitrogens with one attached hydrogen (secondary N) is 1. The topological polar surface area (TPSA) is 98.5 Å². The van der Waals surface area contributed by atoms with Gasteiger partial charge in [0.15, 0.2) is 17.3 Å². The SMILES string of the molecule is CCOc1cc(C2C(C(=O)O)=C(C)Nc3nc(CC)nn32)ccc1OC. The monoisotopic (exact) mass is 358 g/mol. The van der Waals surface area contributed by atoms with Crippen LogP contribution >= 0.6 is 0 Å². The maximum absolute atomic E-state index is 12.0. The number of aromatic nitrogens is 3. The number of aryl methyl sites for hydroxylation is 1. The van der Waals surface area contributed by atoms with E-state index in [-0.39, 0.29) is 5.57 Å². The van der Waals surface area contributed by atoms with Crippen LogP contribution in [0, 0.1) is 0 Å². The number of carboxylic acid groups (broad SMARTS) is 1. The number of hydrogen-bond donors (Lipinski definition) is 2. The molecule has 1 atom stereocenters. The molecule has 26 heavy (non-hydrogen) atoms. The van der Waals surface area contributed by atoms with Crippen LogP contribution in [-0.4, -0.2) is 39.6 Å². The van der Waals surface area contributed by atoms with Gasteiger partial charge in [0.1, 0.15) is 6.04 Å². The second kappa shape index (κ2) is 7.07. The number of allylic oxidation sites excluding steroid dienone is 1. The van der Waals surface area contributed by atoms with Gasteiger partial charge in [0, 0.05) is 12.1 Å². The number of nitrogens with zero attached hydrogens (tertiary/aromatic N) is 3. The van der Waals surface area contributed by atoms with Crippen molar-refractivity contribution in [3.63, 3.8) is 0 Å². The van der Waals surface area contributed by atoms with Gasteiger partial charge in [-0.1, -0.05) is 13.0 Å². The lowest BCUT2D eigenvalue weighted by Crippen LogP contribution is -2.28. The third-order valence-electron chi connectivity index (χ3n) is 4.25. The van der Waals surface area contributed by atoms with Crippen molar-refractivity contribution in [3.8, 4) is 11.5 Å². The molecule has 0 radical (unpaired) electrons. The molecule has 1 aliphatic heterocycles. The van der Waals surface area contributed by atoms with E-state index in [4.69, 9.17) is 9.47 Å². The molecule has 3 rings (SSSR count). The fraction of sp³-hybridized carbons (Fsp3) is 0.389. The minimum Gasteiger partial charge on any atom is -0.493 e. The van der Waals surface area contributed by atoms with Crippen LogP contribution in [-0.2, 0) is 11.2 Å². The number of carboxylic acids is 1. The van der Waals surface area contributed by atoms with Gasteiger partial charge in [0.25, 0.3) is 0 Å². The predicted molar refractivity (Wildman–Crippen MR) is 95.7 cm³/mol. The number of aliphatic carboxylic acids is 1. The zero-order valence-corrected chi connectivity index (χ0v) is 15.2. The molecule has 1 aromatic heterocycles. The summed E-state index contributed by atoms with van der Waals surface area (Å²) in [7, 11) is 1.57. The Labute approximate surface area is 151 Å². The van der Waals surface area contributed by atoms with Crippen molar-refractivity contribution < 1.29 is 19.4 Å². The van der Waals surface area contributed by atoms with Crippen LogP contribution in [0.4, 0.5) is 5.95 Å². The smallest absolute Gasteiger partial charge is 0.335 e. The second-order valence-electron chi connectivity index (χ2n) is 5.86. The molecule has 8 heteroatoms. The van der Waals surface area contributed by atoms with Gasteiger partial charge >= 0.3 is 5.97 Å². The molecule has 0 fully saturated rings. The number of methoxy groups -OCH3 is 1. The van der Waals surface area contributed by atoms with Crippen LogP contribution in [0.25, 0.3) is 0 Å². The highest BCUT2D eigenvalue weighted by atomic mass is 16.5. The van der Waals surface area contributed by atoms with E-state index in [1.54, 1.807) is 30.8 Å². The summed E-state index contributed by atoms with van der Waals surface area (Å²) in [5, 5.41) is 17.3. The van der Waals surface area contributed by atoms with Gasteiger partial charge in [0.2, 0.25) is 5.95 Å². The standard InChI is InChI=1S/C18H22N4O4/c1-5-14-20-18-19-10(3)15(17(23)24)16(22(18)21-14)11-7-8-12(25-4)13(9-11)26-6-2/h7-9,16H,5-6H2,1-4H3,(H,23,24)(H,19,20,21). The summed E-state index contributed by atoms with van der Waals surface area (Å²) in [6.45, 7) is 6.04. The van der Waals surface area contributed by atoms with Crippen molar-refractivity contribution in [1.29, 1.82) is 0 Å². The summed E-state index contributed by atoms with van der Waals surface area (Å²) in [6.07, 6.45) is 0.655. The van der Waals surface area contributed by atoms with Crippen LogP contribution in [0.2, 0.25) is 0 Å². The fourth-order valence-corrected chi connectivity index (χ4v) is 3.06. The third-order valence-corrected chi connectivity index (χ3v) is 4.25. The lowest BCUT2D eigenvalue weighted by Gasteiger charge is -2.27. The third kappa shape index (κ3) is 2.98. The van der Waals surface area contributed by atoms with Crippen LogP contribution in [0.1, 0.15) is 38.2 Å². The number of anilines is 1. The summed E-state index contributed by atoms with van der Waals surface area (Å²) in [5.74, 6) is 1.33. The largest absolute Gasteiger partial charge is 0.493 e. The molecule has 0 amide bonds. The van der Waals surface area contributed by atoms with Gasteiger partial charge in [-0.15, -0.1) is 0 Å². The van der Waals surface area contributed by atoms with Crippen molar-refractivity contribution in [2.45, 2.75) is 33.2 Å². The van der Waals surface area contributed by atoms with Crippen molar-refractivity contribution in [1.82, 2.24) is 14.8 Å². The Morgan fingerprint density at radius 2 is 2.12 bits per heavy atom. The van der Waals surface area contributed by atoms with Gasteiger partial charge < -0.3 is 19.9 Å². The summed E-state index contributed by atoms with van der Waals surface area (Å²) in [6, 6.07) is 4.78. The summed E-state index contributed by atoms with van der Waals surface area (Å²) >= 11 is 0. The van der Waals surface area contributed by atoms with E-state index < -0.39 is 12.0 Å². The average Bonchev–Trinajstić information content (AvgIpc) is 3.03. The molecule has 138 valence electrons. The van der Waals surface area contributed by atoms with Gasteiger partial charge in [-0.3, -0.25) is 0 Å². The first-order valence-electron chi connectivity index (χ1n) is 8.47. The van der Waals surface area contributed by atoms with Gasteiger partial charge in [-0.25, -0.2) is 9.48 Å². The van der Waals surface area contributed by atoms with E-state index in [0.717, 1.165) is 5.56 Å². The normalized spacial score (nSPS) is 16.1. The Morgan fingerprint density at radius 1 is 1.35 bits per heavy atom. The molecule has 1 unspecified atom stereocenters. The first-order chi connectivity index (χ1) is 12.5. The van der Waals surface area contributed by atoms with Crippen molar-refractivity contribution in [3.05, 3.63) is 40.9 Å². The molecule has 8 nitrogen and oxygen atoms in total. The van der Waals surface area contributed by atoms with Crippen LogP contribution in [0.5, 0.6) is 11.5 Å². The Bertz CT molecular complexity index is 872. The molecule has 0 saturated heterocycles. The number of fused-ring (bicyclic) bond motifs is 1. The van der Waals surface area contributed by atoms with E-state index in [1.807, 2.05) is 19.9 Å². The summed E-state index contributed by atoms with van der Waals surface area (Å²) < 4.78 is 12.6. The molecular weight excluding hydrogens is 336 g/mol. The van der Waals surface area contributed by atoms with Crippen LogP contribution in [0.3, 0.4) is 0 Å². The minimum atomic E-state index is -1.01. The Balaban J connectivity index is 2.18. The van der Waals surface area contributed by atoms with E-state index in [9.17, 15) is 9.90 Å². The molecule has 1 aromatic carbocycles. The number of rotatable bonds is 6. The minimum absolute atomic E-state index is 0.220. The number of hydrogen-bond acceptors (Lipinski definition) is 6. The summed E-state index contributed by atoms with van der Waals surface area (Å²) in [4.78, 5) is 16.4. The van der Waals surface area contributed by atoms with E-state index in [1.165, 1.54) is 0 Å². The molecule has 2 heterocycles. The van der Waals surface area contributed by atoms with Crippen LogP contribution < -0.4 is 14.8 Å². The van der Waals surface area contributed by atoms with Gasteiger partial charge in [-0.05, 0) is 31.5 Å². The number of benzene rings is 1. The Hall–Kier alpha value is -3.03. The zero-order chi connectivity index (χ0) is 18.8. The Kier molecular flexibility index (Phi) is 4.83. The quantitative estimate of drug-likeness (QED) is 0.819. The molecule has 0 bridgehead atoms. The highest BCUT2D eigenvalue weighted by molar-refractivity contribution is 5.90. The first-order valence-corrected chi connectivity index (χ1v) is 8.47. The Morgan fingerprint density at radius 3 is 2.73 bits per heavy atom. The van der Waals surface area contributed by atoms with E-state index in [2.05, 4.69) is 15.4 Å². The highest BCUT2D eigenvalue weighted by Gasteiger charge is 2.34. The van der Waals surface area contributed by atoms with Crippen molar-refractivity contribution >= 4 is 11.9 Å². The average molecular weight is 358 g/mol. The summed E-state index contributed by atoms with van der Waals surface area (Å²) in [5.41, 5.74) is 1.50. The van der Waals surface area contributed by atoms with E-state index in [0.29, 0.717) is 42.0 Å². The van der Waals surface area contributed by atoms with Gasteiger partial charge in [0.05, 0.1) is 19.3 Å². The second-order valence-corrected chi connectivity index (χ2v) is 5.86. The van der Waals surface area contributed by atoms with Gasteiger partial charge in [-0.2, -0.15) is 10.1 Å². The molecule has 2 N–H and O–H groups in total. The van der Waals surface area contributed by atoms with Crippen LogP contribution in [0.15, 0.2) is 29.5 Å². The highest BCUT2D eigenvalue weighted by Crippen LogP contribution is 2.38. The number of carbonyl (C=O) groups is 1. The van der Waals surface area contributed by atoms with Crippen molar-refractivity contribution in [2.24, 2.45) is 0 Å². The lowest BCUT2D eigenvalue weighted by molar-refractivity contribution is -0.133.